The van der Waals surface area contributed by atoms with Crippen molar-refractivity contribution in [3.63, 3.8) is 0 Å². The molecule has 0 N–H and O–H groups in total. The van der Waals surface area contributed by atoms with Crippen molar-refractivity contribution in [2.75, 3.05) is 19.1 Å². The van der Waals surface area contributed by atoms with Gasteiger partial charge in [0.15, 0.2) is 5.82 Å². The van der Waals surface area contributed by atoms with Crippen molar-refractivity contribution in [2.24, 2.45) is 0 Å². The van der Waals surface area contributed by atoms with Crippen LogP contribution >= 0.6 is 0 Å². The summed E-state index contributed by atoms with van der Waals surface area (Å²) in [6.45, 7) is 0.312. The molecule has 4 rings (SSSR count). The number of benzene rings is 2. The van der Waals surface area contributed by atoms with Gasteiger partial charge in [0, 0.05) is 11.8 Å². The third-order valence-corrected chi connectivity index (χ3v) is 4.67. The number of esters is 1. The summed E-state index contributed by atoms with van der Waals surface area (Å²) in [6, 6.07) is 13.3. The van der Waals surface area contributed by atoms with E-state index in [1.54, 1.807) is 55.6 Å². The number of nitrogens with zero attached hydrogens (tertiary/aromatic N) is 4. The molecule has 0 atom stereocenters. The number of methoxy groups -OCH3 is 2. The highest BCUT2D eigenvalue weighted by Gasteiger charge is 2.33. The quantitative estimate of drug-likeness (QED) is 0.613. The van der Waals surface area contributed by atoms with Crippen molar-refractivity contribution in [1.29, 1.82) is 0 Å². The highest BCUT2D eigenvalue weighted by molar-refractivity contribution is 5.96. The van der Waals surface area contributed by atoms with E-state index < -0.39 is 17.7 Å². The Morgan fingerprint density at radius 3 is 2.62 bits per heavy atom. The van der Waals surface area contributed by atoms with Gasteiger partial charge in [-0.3, -0.25) is 4.90 Å². The molecule has 29 heavy (non-hydrogen) atoms. The van der Waals surface area contributed by atoms with E-state index in [2.05, 4.69) is 5.10 Å². The van der Waals surface area contributed by atoms with Crippen LogP contribution < -0.4 is 15.3 Å². The molecule has 0 fully saturated rings. The molecule has 9 heteroatoms. The summed E-state index contributed by atoms with van der Waals surface area (Å²) in [5.41, 5.74) is 1.17. The Morgan fingerprint density at radius 2 is 1.90 bits per heavy atom. The summed E-state index contributed by atoms with van der Waals surface area (Å²) in [6.07, 6.45) is 0. The summed E-state index contributed by atoms with van der Waals surface area (Å²) < 4.78 is 12.2. The topological polar surface area (TPSA) is 95.7 Å². The van der Waals surface area contributed by atoms with Gasteiger partial charge in [-0.15, -0.1) is 0 Å². The first-order chi connectivity index (χ1) is 14.0. The molecular weight excluding hydrogens is 376 g/mol. The van der Waals surface area contributed by atoms with Crippen LogP contribution in [0.1, 0.15) is 21.7 Å². The lowest BCUT2D eigenvalue weighted by Gasteiger charge is -2.15. The standard InChI is InChI=1S/C20H18N4O5/c1-28-16-8-4-7-15(10-16)22-12-17-21-23(20(27)24(17)19(22)26)11-13-5-3-6-14(9-13)18(25)29-2/h3-10H,11-12H2,1-2H3. The van der Waals surface area contributed by atoms with E-state index in [1.165, 1.54) is 16.7 Å². The van der Waals surface area contributed by atoms with Crippen molar-refractivity contribution in [1.82, 2.24) is 14.3 Å². The number of anilines is 1. The van der Waals surface area contributed by atoms with Gasteiger partial charge in [-0.1, -0.05) is 18.2 Å². The lowest BCUT2D eigenvalue weighted by atomic mass is 10.1. The molecular formula is C20H18N4O5. The average molecular weight is 394 g/mol. The zero-order valence-electron chi connectivity index (χ0n) is 15.9. The van der Waals surface area contributed by atoms with E-state index >= 15 is 0 Å². The van der Waals surface area contributed by atoms with E-state index in [1.807, 2.05) is 0 Å². The van der Waals surface area contributed by atoms with Crippen molar-refractivity contribution < 1.29 is 19.1 Å². The molecule has 0 unspecified atom stereocenters. The van der Waals surface area contributed by atoms with Gasteiger partial charge in [0.05, 0.1) is 32.9 Å². The van der Waals surface area contributed by atoms with Crippen LogP contribution in [0.25, 0.3) is 0 Å². The van der Waals surface area contributed by atoms with Crippen LogP contribution in [-0.4, -0.2) is 40.6 Å². The molecule has 1 aromatic heterocycles. The second kappa shape index (κ2) is 7.27. The van der Waals surface area contributed by atoms with E-state index in [9.17, 15) is 14.4 Å². The Hall–Kier alpha value is -3.88. The SMILES string of the molecule is COC(=O)c1cccc(Cn2nc3n(c2=O)C(=O)N(c2cccc(OC)c2)C3)c1. The molecule has 1 amide bonds. The van der Waals surface area contributed by atoms with Crippen molar-refractivity contribution in [3.8, 4) is 5.75 Å². The number of ether oxygens (including phenoxy) is 2. The third kappa shape index (κ3) is 3.27. The van der Waals surface area contributed by atoms with Crippen LogP contribution in [0.5, 0.6) is 5.75 Å². The normalized spacial score (nSPS) is 12.8. The maximum Gasteiger partial charge on any atom is 0.354 e. The van der Waals surface area contributed by atoms with Crippen molar-refractivity contribution >= 4 is 17.7 Å². The molecule has 0 radical (unpaired) electrons. The summed E-state index contributed by atoms with van der Waals surface area (Å²) in [4.78, 5) is 38.7. The fourth-order valence-electron chi connectivity index (χ4n) is 3.25. The first-order valence-electron chi connectivity index (χ1n) is 8.83. The first-order valence-corrected chi connectivity index (χ1v) is 8.83. The minimum Gasteiger partial charge on any atom is -0.497 e. The van der Waals surface area contributed by atoms with Gasteiger partial charge in [0.2, 0.25) is 0 Å². The van der Waals surface area contributed by atoms with Crippen LogP contribution in [0.4, 0.5) is 10.5 Å². The minimum atomic E-state index is -0.529. The summed E-state index contributed by atoms with van der Waals surface area (Å²) in [7, 11) is 2.85. The third-order valence-electron chi connectivity index (χ3n) is 4.67. The predicted octanol–water partition coefficient (Wildman–Crippen LogP) is 1.88. The Labute approximate surface area is 165 Å². The molecule has 3 aromatic rings. The van der Waals surface area contributed by atoms with Crippen LogP contribution in [0.3, 0.4) is 0 Å². The number of fused-ring (bicyclic) bond motifs is 1. The fourth-order valence-corrected chi connectivity index (χ4v) is 3.25. The summed E-state index contributed by atoms with van der Waals surface area (Å²) >= 11 is 0. The van der Waals surface area contributed by atoms with Gasteiger partial charge < -0.3 is 9.47 Å². The Bertz CT molecular complexity index is 1160. The van der Waals surface area contributed by atoms with Crippen molar-refractivity contribution in [2.45, 2.75) is 13.1 Å². The number of hydrogen-bond acceptors (Lipinski definition) is 6. The van der Waals surface area contributed by atoms with Crippen molar-refractivity contribution in [3.05, 3.63) is 76.0 Å². The fraction of sp³-hybridized carbons (Fsp3) is 0.200. The molecule has 9 nitrogen and oxygen atoms in total. The molecule has 1 aliphatic heterocycles. The Balaban J connectivity index is 1.60. The second-order valence-electron chi connectivity index (χ2n) is 6.45. The number of amides is 1. The zero-order valence-corrected chi connectivity index (χ0v) is 15.9. The maximum absolute atomic E-state index is 12.8. The molecule has 0 spiro atoms. The molecule has 148 valence electrons. The summed E-state index contributed by atoms with van der Waals surface area (Å²) in [5.74, 6) is 0.505. The van der Waals surface area contributed by atoms with Gasteiger partial charge in [-0.2, -0.15) is 9.67 Å². The highest BCUT2D eigenvalue weighted by atomic mass is 16.5. The molecule has 1 aliphatic rings. The highest BCUT2D eigenvalue weighted by Crippen LogP contribution is 2.26. The monoisotopic (exact) mass is 394 g/mol. The molecule has 0 saturated carbocycles. The molecule has 2 aromatic carbocycles. The maximum atomic E-state index is 12.8. The zero-order chi connectivity index (χ0) is 20.5. The smallest absolute Gasteiger partial charge is 0.354 e. The number of rotatable bonds is 5. The molecule has 2 heterocycles. The van der Waals surface area contributed by atoms with Crippen LogP contribution in [0, 0.1) is 0 Å². The van der Waals surface area contributed by atoms with E-state index in [-0.39, 0.29) is 13.1 Å². The average Bonchev–Trinajstić information content (AvgIpc) is 3.23. The van der Waals surface area contributed by atoms with Gasteiger partial charge in [0.25, 0.3) is 0 Å². The largest absolute Gasteiger partial charge is 0.497 e. The molecule has 0 aliphatic carbocycles. The summed E-state index contributed by atoms with van der Waals surface area (Å²) in [5, 5.41) is 4.31. The van der Waals surface area contributed by atoms with Crippen LogP contribution in [0.15, 0.2) is 53.3 Å². The number of carbonyl (C=O) groups excluding carboxylic acids is 2. The molecule has 0 bridgehead atoms. The Morgan fingerprint density at radius 1 is 1.10 bits per heavy atom. The van der Waals surface area contributed by atoms with E-state index in [0.29, 0.717) is 28.4 Å². The number of aromatic nitrogens is 3. The number of hydrogen-bond donors (Lipinski definition) is 0. The second-order valence-corrected chi connectivity index (χ2v) is 6.45. The van der Waals surface area contributed by atoms with Gasteiger partial charge in [-0.25, -0.2) is 19.1 Å². The van der Waals surface area contributed by atoms with Crippen LogP contribution in [-0.2, 0) is 17.8 Å². The first kappa shape index (κ1) is 18.5. The van der Waals surface area contributed by atoms with Gasteiger partial charge >= 0.3 is 17.7 Å². The van der Waals surface area contributed by atoms with Crippen LogP contribution in [0.2, 0.25) is 0 Å². The number of carbonyl (C=O) groups is 2. The lowest BCUT2D eigenvalue weighted by Crippen LogP contribution is -2.35. The minimum absolute atomic E-state index is 0.135. The lowest BCUT2D eigenvalue weighted by molar-refractivity contribution is 0.0600. The van der Waals surface area contributed by atoms with Gasteiger partial charge in [0.1, 0.15) is 5.75 Å². The molecule has 0 saturated heterocycles. The Kier molecular flexibility index (Phi) is 4.63. The van der Waals surface area contributed by atoms with Gasteiger partial charge in [-0.05, 0) is 29.8 Å². The van der Waals surface area contributed by atoms with E-state index in [4.69, 9.17) is 9.47 Å². The van der Waals surface area contributed by atoms with E-state index in [0.717, 1.165) is 4.57 Å². The predicted molar refractivity (Wildman–Crippen MR) is 103 cm³/mol.